The van der Waals surface area contributed by atoms with Gasteiger partial charge in [-0.25, -0.2) is 4.98 Å². The van der Waals surface area contributed by atoms with Gasteiger partial charge in [-0.3, -0.25) is 19.5 Å². The Morgan fingerprint density at radius 3 is 3.00 bits per heavy atom. The van der Waals surface area contributed by atoms with Crippen molar-refractivity contribution in [2.24, 2.45) is 0 Å². The lowest BCUT2D eigenvalue weighted by Crippen LogP contribution is -2.38. The molecule has 31 heavy (non-hydrogen) atoms. The lowest BCUT2D eigenvalue weighted by atomic mass is 10.1. The molecule has 2 aliphatic rings. The van der Waals surface area contributed by atoms with E-state index in [9.17, 15) is 9.59 Å². The van der Waals surface area contributed by atoms with Crippen LogP contribution in [0.5, 0.6) is 0 Å². The molecular formula is C23H25N5O2S. The van der Waals surface area contributed by atoms with Gasteiger partial charge in [0.05, 0.1) is 23.7 Å². The number of aromatic nitrogens is 3. The van der Waals surface area contributed by atoms with Crippen LogP contribution in [0.3, 0.4) is 0 Å². The molecule has 1 saturated heterocycles. The van der Waals surface area contributed by atoms with Crippen LogP contribution in [0.2, 0.25) is 0 Å². The summed E-state index contributed by atoms with van der Waals surface area (Å²) in [5, 5.41) is 1.99. The Kier molecular flexibility index (Phi) is 5.65. The second kappa shape index (κ2) is 8.72. The van der Waals surface area contributed by atoms with Crippen LogP contribution in [0, 0.1) is 0 Å². The first-order chi connectivity index (χ1) is 15.2. The molecule has 0 spiro atoms. The highest BCUT2D eigenvalue weighted by molar-refractivity contribution is 7.10. The molecule has 160 valence electrons. The minimum absolute atomic E-state index is 0.0755. The summed E-state index contributed by atoms with van der Waals surface area (Å²) in [5.41, 5.74) is 2.68. The standard InChI is InChI=1S/C23H25N5O2S/c29-21(12-17-5-3-11-31-17)28-9-2-6-20(28)22-25-19-7-10-27(15-18(19)23(30)26-22)14-16-4-1-8-24-13-16/h1,3-5,8,11,13,20H,2,6-7,9-10,12,14-15H2,(H,25,26,30)/t20-/m1/s1. The Balaban J connectivity index is 1.33. The van der Waals surface area contributed by atoms with Gasteiger partial charge in [-0.15, -0.1) is 11.3 Å². The second-order valence-corrected chi connectivity index (χ2v) is 9.23. The number of carbonyl (C=O) groups excluding carboxylic acids is 1. The van der Waals surface area contributed by atoms with Gasteiger partial charge < -0.3 is 9.88 Å². The van der Waals surface area contributed by atoms with Gasteiger partial charge >= 0.3 is 0 Å². The zero-order chi connectivity index (χ0) is 21.2. The molecule has 7 nitrogen and oxygen atoms in total. The Labute approximate surface area is 184 Å². The van der Waals surface area contributed by atoms with E-state index in [0.717, 1.165) is 54.0 Å². The molecular weight excluding hydrogens is 410 g/mol. The first-order valence-electron chi connectivity index (χ1n) is 10.7. The number of rotatable bonds is 5. The maximum Gasteiger partial charge on any atom is 0.255 e. The van der Waals surface area contributed by atoms with Crippen molar-refractivity contribution in [3.63, 3.8) is 0 Å². The molecule has 5 heterocycles. The van der Waals surface area contributed by atoms with E-state index < -0.39 is 0 Å². The van der Waals surface area contributed by atoms with Crippen LogP contribution in [0.15, 0.2) is 46.8 Å². The molecule has 3 aromatic heterocycles. The first-order valence-corrected chi connectivity index (χ1v) is 11.6. The third-order valence-electron chi connectivity index (χ3n) is 6.09. The summed E-state index contributed by atoms with van der Waals surface area (Å²) in [7, 11) is 0. The molecule has 8 heteroatoms. The third-order valence-corrected chi connectivity index (χ3v) is 6.97. The van der Waals surface area contributed by atoms with Gasteiger partial charge in [0, 0.05) is 49.9 Å². The van der Waals surface area contributed by atoms with Crippen LogP contribution < -0.4 is 5.56 Å². The second-order valence-electron chi connectivity index (χ2n) is 8.20. The van der Waals surface area contributed by atoms with Gasteiger partial charge in [0.2, 0.25) is 5.91 Å². The summed E-state index contributed by atoms with van der Waals surface area (Å²) in [5.74, 6) is 0.745. The van der Waals surface area contributed by atoms with E-state index in [1.54, 1.807) is 17.5 Å². The topological polar surface area (TPSA) is 82.2 Å². The van der Waals surface area contributed by atoms with E-state index in [-0.39, 0.29) is 17.5 Å². The Morgan fingerprint density at radius 1 is 1.26 bits per heavy atom. The van der Waals surface area contributed by atoms with E-state index in [2.05, 4.69) is 20.9 Å². The zero-order valence-corrected chi connectivity index (χ0v) is 18.1. The van der Waals surface area contributed by atoms with Crippen LogP contribution >= 0.6 is 11.3 Å². The number of nitrogens with zero attached hydrogens (tertiary/aromatic N) is 4. The molecule has 2 aliphatic heterocycles. The highest BCUT2D eigenvalue weighted by atomic mass is 32.1. The molecule has 1 fully saturated rings. The van der Waals surface area contributed by atoms with Gasteiger partial charge in [-0.05, 0) is 35.9 Å². The van der Waals surface area contributed by atoms with E-state index in [0.29, 0.717) is 25.3 Å². The number of nitrogens with one attached hydrogen (secondary N) is 1. The lowest BCUT2D eigenvalue weighted by Gasteiger charge is -2.29. The van der Waals surface area contributed by atoms with Gasteiger partial charge in [-0.2, -0.15) is 0 Å². The van der Waals surface area contributed by atoms with E-state index in [1.807, 2.05) is 34.7 Å². The van der Waals surface area contributed by atoms with Crippen molar-refractivity contribution in [2.75, 3.05) is 13.1 Å². The average Bonchev–Trinajstić information content (AvgIpc) is 3.47. The summed E-state index contributed by atoms with van der Waals surface area (Å²) in [4.78, 5) is 43.1. The first kappa shape index (κ1) is 20.1. The van der Waals surface area contributed by atoms with Crippen LogP contribution in [0.25, 0.3) is 0 Å². The monoisotopic (exact) mass is 435 g/mol. The fourth-order valence-corrected chi connectivity index (χ4v) is 5.25. The number of pyridine rings is 1. The van der Waals surface area contributed by atoms with Gasteiger partial charge in [0.15, 0.2) is 0 Å². The van der Waals surface area contributed by atoms with Gasteiger partial charge in [-0.1, -0.05) is 12.1 Å². The molecule has 0 unspecified atom stereocenters. The number of aromatic amines is 1. The van der Waals surface area contributed by atoms with Gasteiger partial charge in [0.25, 0.3) is 5.56 Å². The fourth-order valence-electron chi connectivity index (χ4n) is 4.56. The van der Waals surface area contributed by atoms with Crippen molar-refractivity contribution < 1.29 is 4.79 Å². The van der Waals surface area contributed by atoms with Crippen molar-refractivity contribution in [1.82, 2.24) is 24.8 Å². The van der Waals surface area contributed by atoms with Crippen LogP contribution in [0.1, 0.15) is 46.4 Å². The number of H-pyrrole nitrogens is 1. The maximum atomic E-state index is 12.9. The highest BCUT2D eigenvalue weighted by Gasteiger charge is 2.33. The summed E-state index contributed by atoms with van der Waals surface area (Å²) in [6, 6.07) is 7.80. The summed E-state index contributed by atoms with van der Waals surface area (Å²) < 4.78 is 0. The Hall–Kier alpha value is -2.84. The number of likely N-dealkylation sites (tertiary alicyclic amines) is 1. The molecule has 0 bridgehead atoms. The normalized spacial score (nSPS) is 18.8. The highest BCUT2D eigenvalue weighted by Crippen LogP contribution is 2.31. The van der Waals surface area contributed by atoms with Crippen LogP contribution in [0.4, 0.5) is 0 Å². The molecule has 0 radical (unpaired) electrons. The van der Waals surface area contributed by atoms with Crippen molar-refractivity contribution in [2.45, 2.75) is 44.8 Å². The number of thiophene rings is 1. The summed E-state index contributed by atoms with van der Waals surface area (Å²) >= 11 is 1.60. The maximum absolute atomic E-state index is 12.9. The molecule has 0 aliphatic carbocycles. The van der Waals surface area contributed by atoms with E-state index in [4.69, 9.17) is 4.98 Å². The Bertz CT molecular complexity index is 1110. The number of hydrogen-bond acceptors (Lipinski definition) is 6. The van der Waals surface area contributed by atoms with Crippen molar-refractivity contribution in [1.29, 1.82) is 0 Å². The van der Waals surface area contributed by atoms with Crippen LogP contribution in [-0.2, 0) is 30.7 Å². The molecule has 0 aromatic carbocycles. The molecule has 5 rings (SSSR count). The molecule has 1 atom stereocenters. The average molecular weight is 436 g/mol. The summed E-state index contributed by atoms with van der Waals surface area (Å²) in [6.45, 7) is 2.92. The zero-order valence-electron chi connectivity index (χ0n) is 17.3. The van der Waals surface area contributed by atoms with Gasteiger partial charge in [0.1, 0.15) is 5.82 Å². The predicted octanol–water partition coefficient (Wildman–Crippen LogP) is 2.69. The predicted molar refractivity (Wildman–Crippen MR) is 119 cm³/mol. The molecule has 1 N–H and O–H groups in total. The minimum atomic E-state index is -0.140. The van der Waals surface area contributed by atoms with Crippen molar-refractivity contribution >= 4 is 17.2 Å². The number of hydrogen-bond donors (Lipinski definition) is 1. The molecule has 0 saturated carbocycles. The minimum Gasteiger partial charge on any atom is -0.332 e. The molecule has 3 aromatic rings. The largest absolute Gasteiger partial charge is 0.332 e. The summed E-state index contributed by atoms with van der Waals surface area (Å²) in [6.07, 6.45) is 6.55. The number of fused-ring (bicyclic) bond motifs is 1. The van der Waals surface area contributed by atoms with Crippen molar-refractivity contribution in [3.05, 3.63) is 79.9 Å². The number of amides is 1. The molecule has 1 amide bonds. The van der Waals surface area contributed by atoms with Crippen LogP contribution in [-0.4, -0.2) is 43.7 Å². The lowest BCUT2D eigenvalue weighted by molar-refractivity contribution is -0.131. The quantitative estimate of drug-likeness (QED) is 0.666. The third kappa shape index (κ3) is 4.31. The Morgan fingerprint density at radius 2 is 2.19 bits per heavy atom. The smallest absolute Gasteiger partial charge is 0.255 e. The van der Waals surface area contributed by atoms with E-state index >= 15 is 0 Å². The SMILES string of the molecule is O=C(Cc1cccs1)N1CCC[C@@H]1c1nc2c(c(=O)[nH]1)CN(Cc1cccnc1)CC2. The van der Waals surface area contributed by atoms with E-state index in [1.165, 1.54) is 0 Å². The number of carbonyl (C=O) groups is 1. The fraction of sp³-hybridized carbons (Fsp3) is 0.391. The van der Waals surface area contributed by atoms with Crippen molar-refractivity contribution in [3.8, 4) is 0 Å².